The highest BCUT2D eigenvalue weighted by Crippen LogP contribution is 2.06. The first kappa shape index (κ1) is 12.8. The summed E-state index contributed by atoms with van der Waals surface area (Å²) in [5.74, 6) is 5.70. The van der Waals surface area contributed by atoms with Gasteiger partial charge in [-0.1, -0.05) is 12.0 Å². The maximum absolute atomic E-state index is 11.9. The number of anilines is 1. The molecular formula is C13H13N5O. The monoisotopic (exact) mass is 255 g/mol. The molecule has 6 nitrogen and oxygen atoms in total. The maximum atomic E-state index is 11.9. The molecule has 3 N–H and O–H groups in total. The standard InChI is InChI=1S/C13H13N5O/c1-18-9-10(8-15-18)13(19)17-12-6-2-4-11(16-12)5-3-7-14/h2,4,6,8-9H,7,14H2,1H3,(H,16,17,19). The van der Waals surface area contributed by atoms with Crippen molar-refractivity contribution in [2.45, 2.75) is 0 Å². The van der Waals surface area contributed by atoms with Crippen LogP contribution >= 0.6 is 0 Å². The molecule has 1 amide bonds. The molecule has 0 saturated carbocycles. The number of hydrogen-bond donors (Lipinski definition) is 2. The zero-order valence-corrected chi connectivity index (χ0v) is 10.4. The first-order valence-electron chi connectivity index (χ1n) is 5.65. The van der Waals surface area contributed by atoms with Crippen LogP contribution in [0.4, 0.5) is 5.82 Å². The van der Waals surface area contributed by atoms with E-state index in [9.17, 15) is 4.79 Å². The Morgan fingerprint density at radius 2 is 2.37 bits per heavy atom. The quantitative estimate of drug-likeness (QED) is 0.759. The highest BCUT2D eigenvalue weighted by molar-refractivity contribution is 6.03. The second-order valence-corrected chi connectivity index (χ2v) is 3.77. The lowest BCUT2D eigenvalue weighted by Gasteiger charge is -2.02. The van der Waals surface area contributed by atoms with Gasteiger partial charge >= 0.3 is 0 Å². The number of carbonyl (C=O) groups excluding carboxylic acids is 1. The number of pyridine rings is 1. The van der Waals surface area contributed by atoms with Crippen molar-refractivity contribution in [2.24, 2.45) is 12.8 Å². The molecule has 19 heavy (non-hydrogen) atoms. The fraction of sp³-hybridized carbons (Fsp3) is 0.154. The van der Waals surface area contributed by atoms with Crippen molar-refractivity contribution in [1.29, 1.82) is 0 Å². The Bertz CT molecular complexity index is 650. The Morgan fingerprint density at radius 1 is 1.53 bits per heavy atom. The van der Waals surface area contributed by atoms with E-state index in [4.69, 9.17) is 5.73 Å². The fourth-order valence-electron chi connectivity index (χ4n) is 1.44. The van der Waals surface area contributed by atoms with Gasteiger partial charge in [0.15, 0.2) is 0 Å². The molecule has 6 heteroatoms. The molecule has 0 radical (unpaired) electrons. The van der Waals surface area contributed by atoms with Gasteiger partial charge in [0, 0.05) is 13.2 Å². The molecule has 0 aliphatic rings. The summed E-state index contributed by atoms with van der Waals surface area (Å²) in [7, 11) is 1.75. The van der Waals surface area contributed by atoms with Crippen LogP contribution in [-0.4, -0.2) is 27.2 Å². The van der Waals surface area contributed by atoms with E-state index in [1.165, 1.54) is 6.20 Å². The highest BCUT2D eigenvalue weighted by atomic mass is 16.1. The molecule has 0 aromatic carbocycles. The van der Waals surface area contributed by atoms with Gasteiger partial charge in [0.1, 0.15) is 11.5 Å². The number of aromatic nitrogens is 3. The van der Waals surface area contributed by atoms with Crippen molar-refractivity contribution in [3.63, 3.8) is 0 Å². The van der Waals surface area contributed by atoms with Crippen LogP contribution in [0.3, 0.4) is 0 Å². The van der Waals surface area contributed by atoms with E-state index in [0.29, 0.717) is 17.1 Å². The third-order valence-electron chi connectivity index (χ3n) is 2.28. The molecule has 0 aliphatic carbocycles. The minimum atomic E-state index is -0.260. The molecule has 0 fully saturated rings. The maximum Gasteiger partial charge on any atom is 0.260 e. The van der Waals surface area contributed by atoms with Crippen molar-refractivity contribution in [3.8, 4) is 11.8 Å². The summed E-state index contributed by atoms with van der Waals surface area (Å²) in [6, 6.07) is 5.22. The summed E-state index contributed by atoms with van der Waals surface area (Å²) < 4.78 is 1.56. The SMILES string of the molecule is Cn1cc(C(=O)Nc2cccc(C#CCN)n2)cn1. The summed E-state index contributed by atoms with van der Waals surface area (Å²) in [5.41, 5.74) is 6.33. The van der Waals surface area contributed by atoms with Gasteiger partial charge < -0.3 is 11.1 Å². The zero-order valence-electron chi connectivity index (χ0n) is 10.4. The molecule has 2 aromatic rings. The van der Waals surface area contributed by atoms with E-state index in [2.05, 4.69) is 27.2 Å². The Hall–Kier alpha value is -2.65. The Balaban J connectivity index is 2.13. The molecular weight excluding hydrogens is 242 g/mol. The predicted molar refractivity (Wildman–Crippen MR) is 71.3 cm³/mol. The van der Waals surface area contributed by atoms with Crippen LogP contribution in [0.1, 0.15) is 16.1 Å². The number of nitrogens with zero attached hydrogens (tertiary/aromatic N) is 3. The van der Waals surface area contributed by atoms with Crippen molar-refractivity contribution in [3.05, 3.63) is 41.9 Å². The summed E-state index contributed by atoms with van der Waals surface area (Å²) in [6.45, 7) is 0.272. The van der Waals surface area contributed by atoms with Crippen LogP contribution in [0.25, 0.3) is 0 Å². The molecule has 0 aliphatic heterocycles. The largest absolute Gasteiger partial charge is 0.320 e. The average Bonchev–Trinajstić information content (AvgIpc) is 2.83. The number of carbonyl (C=O) groups is 1. The molecule has 0 saturated heterocycles. The molecule has 2 rings (SSSR count). The number of nitrogens with one attached hydrogen (secondary N) is 1. The number of aryl methyl sites for hydroxylation is 1. The van der Waals surface area contributed by atoms with Gasteiger partial charge in [-0.05, 0) is 18.1 Å². The minimum Gasteiger partial charge on any atom is -0.320 e. The van der Waals surface area contributed by atoms with E-state index < -0.39 is 0 Å². The van der Waals surface area contributed by atoms with Gasteiger partial charge in [-0.25, -0.2) is 4.98 Å². The van der Waals surface area contributed by atoms with E-state index >= 15 is 0 Å². The third kappa shape index (κ3) is 3.40. The Kier molecular flexibility index (Phi) is 3.90. The number of hydrogen-bond acceptors (Lipinski definition) is 4. The predicted octanol–water partition coefficient (Wildman–Crippen LogP) is 0.378. The molecule has 0 spiro atoms. The van der Waals surface area contributed by atoms with Gasteiger partial charge in [0.25, 0.3) is 5.91 Å². The number of nitrogens with two attached hydrogens (primary N) is 1. The molecule has 0 bridgehead atoms. The summed E-state index contributed by atoms with van der Waals surface area (Å²) in [6.07, 6.45) is 3.13. The zero-order chi connectivity index (χ0) is 13.7. The minimum absolute atomic E-state index is 0.260. The smallest absolute Gasteiger partial charge is 0.260 e. The molecule has 96 valence electrons. The topological polar surface area (TPSA) is 85.8 Å². The second kappa shape index (κ2) is 5.80. The van der Waals surface area contributed by atoms with E-state index in [1.54, 1.807) is 36.1 Å². The summed E-state index contributed by atoms with van der Waals surface area (Å²) in [5, 5.41) is 6.62. The lowest BCUT2D eigenvalue weighted by molar-refractivity contribution is 0.102. The summed E-state index contributed by atoms with van der Waals surface area (Å²) >= 11 is 0. The third-order valence-corrected chi connectivity index (χ3v) is 2.28. The molecule has 0 atom stereocenters. The second-order valence-electron chi connectivity index (χ2n) is 3.77. The van der Waals surface area contributed by atoms with E-state index in [1.807, 2.05) is 0 Å². The van der Waals surface area contributed by atoms with Crippen LogP contribution < -0.4 is 11.1 Å². The Morgan fingerprint density at radius 3 is 3.05 bits per heavy atom. The van der Waals surface area contributed by atoms with Gasteiger partial charge in [0.05, 0.1) is 18.3 Å². The Labute approximate surface area is 110 Å². The van der Waals surface area contributed by atoms with Gasteiger partial charge in [0.2, 0.25) is 0 Å². The highest BCUT2D eigenvalue weighted by Gasteiger charge is 2.08. The normalized spacial score (nSPS) is 9.58. The number of amides is 1. The van der Waals surface area contributed by atoms with Crippen molar-refractivity contribution in [1.82, 2.24) is 14.8 Å². The molecule has 0 unspecified atom stereocenters. The van der Waals surface area contributed by atoms with Crippen LogP contribution in [-0.2, 0) is 7.05 Å². The van der Waals surface area contributed by atoms with Crippen LogP contribution in [0.15, 0.2) is 30.6 Å². The number of rotatable bonds is 2. The van der Waals surface area contributed by atoms with Crippen molar-refractivity contribution >= 4 is 11.7 Å². The summed E-state index contributed by atoms with van der Waals surface area (Å²) in [4.78, 5) is 16.1. The molecule has 2 heterocycles. The molecule has 2 aromatic heterocycles. The first-order valence-corrected chi connectivity index (χ1v) is 5.65. The van der Waals surface area contributed by atoms with Gasteiger partial charge in [-0.15, -0.1) is 0 Å². The van der Waals surface area contributed by atoms with Crippen LogP contribution in [0, 0.1) is 11.8 Å². The first-order chi connectivity index (χ1) is 9.19. The average molecular weight is 255 g/mol. The van der Waals surface area contributed by atoms with E-state index in [0.717, 1.165) is 0 Å². The lowest BCUT2D eigenvalue weighted by Crippen LogP contribution is -2.12. The van der Waals surface area contributed by atoms with Crippen molar-refractivity contribution in [2.75, 3.05) is 11.9 Å². The van der Waals surface area contributed by atoms with Crippen molar-refractivity contribution < 1.29 is 4.79 Å². The van der Waals surface area contributed by atoms with Crippen LogP contribution in [0.2, 0.25) is 0 Å². The van der Waals surface area contributed by atoms with Gasteiger partial charge in [-0.3, -0.25) is 9.48 Å². The lowest BCUT2D eigenvalue weighted by atomic mass is 10.3. The van der Waals surface area contributed by atoms with Crippen LogP contribution in [0.5, 0.6) is 0 Å². The fourth-order valence-corrected chi connectivity index (χ4v) is 1.44. The van der Waals surface area contributed by atoms with Gasteiger partial charge in [-0.2, -0.15) is 5.10 Å². The van der Waals surface area contributed by atoms with E-state index in [-0.39, 0.29) is 12.5 Å².